The van der Waals surface area contributed by atoms with Crippen molar-refractivity contribution < 1.29 is 5.11 Å². The highest BCUT2D eigenvalue weighted by Crippen LogP contribution is 2.30. The molecule has 0 aromatic heterocycles. The number of rotatable bonds is 3. The minimum Gasteiger partial charge on any atom is -0.507 e. The molecule has 2 unspecified atom stereocenters. The average Bonchev–Trinajstić information content (AvgIpc) is 2.67. The van der Waals surface area contributed by atoms with Crippen LogP contribution in [-0.2, 0) is 6.54 Å². The molecule has 1 aliphatic heterocycles. The van der Waals surface area contributed by atoms with Crippen LogP contribution in [0.2, 0.25) is 0 Å². The molecule has 2 heteroatoms. The highest BCUT2D eigenvalue weighted by molar-refractivity contribution is 5.42. The predicted octanol–water partition coefficient (Wildman–Crippen LogP) is 3.77. The number of benzene rings is 1. The van der Waals surface area contributed by atoms with Gasteiger partial charge in [0.25, 0.3) is 0 Å². The molecular formula is C16H25NO. The Morgan fingerprint density at radius 3 is 2.39 bits per heavy atom. The SMILES string of the molecule is CCC1CCC(C)N1Cc1cc(C)c(O)c(C)c1. The number of phenols is 1. The molecule has 2 rings (SSSR count). The third-order valence-electron chi connectivity index (χ3n) is 4.34. The van der Waals surface area contributed by atoms with Gasteiger partial charge in [-0.15, -0.1) is 0 Å². The summed E-state index contributed by atoms with van der Waals surface area (Å²) in [4.78, 5) is 2.62. The van der Waals surface area contributed by atoms with Gasteiger partial charge in [-0.3, -0.25) is 4.90 Å². The first-order chi connectivity index (χ1) is 8.52. The first-order valence-electron chi connectivity index (χ1n) is 7.07. The molecule has 1 aliphatic rings. The molecule has 100 valence electrons. The maximum Gasteiger partial charge on any atom is 0.121 e. The Balaban J connectivity index is 2.18. The molecule has 0 spiro atoms. The Morgan fingerprint density at radius 2 is 1.83 bits per heavy atom. The van der Waals surface area contributed by atoms with Crippen molar-refractivity contribution in [3.63, 3.8) is 0 Å². The minimum atomic E-state index is 0.445. The Labute approximate surface area is 111 Å². The fraction of sp³-hybridized carbons (Fsp3) is 0.625. The van der Waals surface area contributed by atoms with E-state index in [1.807, 2.05) is 13.8 Å². The van der Waals surface area contributed by atoms with Crippen LogP contribution in [0.15, 0.2) is 12.1 Å². The number of hydrogen-bond acceptors (Lipinski definition) is 2. The summed E-state index contributed by atoms with van der Waals surface area (Å²) in [7, 11) is 0. The van der Waals surface area contributed by atoms with Crippen LogP contribution in [-0.4, -0.2) is 22.1 Å². The lowest BCUT2D eigenvalue weighted by atomic mass is 10.0. The highest BCUT2D eigenvalue weighted by Gasteiger charge is 2.29. The van der Waals surface area contributed by atoms with Gasteiger partial charge in [0.05, 0.1) is 0 Å². The van der Waals surface area contributed by atoms with E-state index < -0.39 is 0 Å². The van der Waals surface area contributed by atoms with E-state index in [-0.39, 0.29) is 0 Å². The van der Waals surface area contributed by atoms with Crippen LogP contribution in [0.3, 0.4) is 0 Å². The molecule has 1 heterocycles. The molecule has 1 aromatic carbocycles. The summed E-state index contributed by atoms with van der Waals surface area (Å²) in [6.07, 6.45) is 3.88. The maximum absolute atomic E-state index is 9.83. The van der Waals surface area contributed by atoms with Crippen LogP contribution in [0.5, 0.6) is 5.75 Å². The first kappa shape index (κ1) is 13.4. The molecule has 0 radical (unpaired) electrons. The number of hydrogen-bond donors (Lipinski definition) is 1. The third kappa shape index (κ3) is 2.54. The van der Waals surface area contributed by atoms with Gasteiger partial charge < -0.3 is 5.11 Å². The summed E-state index contributed by atoms with van der Waals surface area (Å²) in [5.41, 5.74) is 3.31. The lowest BCUT2D eigenvalue weighted by Gasteiger charge is -2.28. The second-order valence-corrected chi connectivity index (χ2v) is 5.74. The molecule has 2 atom stereocenters. The molecule has 2 nitrogen and oxygen atoms in total. The van der Waals surface area contributed by atoms with Gasteiger partial charge in [-0.25, -0.2) is 0 Å². The predicted molar refractivity (Wildman–Crippen MR) is 75.9 cm³/mol. The van der Waals surface area contributed by atoms with Gasteiger partial charge >= 0.3 is 0 Å². The molecule has 0 amide bonds. The maximum atomic E-state index is 9.83. The quantitative estimate of drug-likeness (QED) is 0.879. The van der Waals surface area contributed by atoms with Gasteiger partial charge in [-0.2, -0.15) is 0 Å². The zero-order valence-corrected chi connectivity index (χ0v) is 12.0. The standard InChI is InChI=1S/C16H25NO/c1-5-15-7-6-13(4)17(15)10-14-8-11(2)16(18)12(3)9-14/h8-9,13,15,18H,5-7,10H2,1-4H3. The lowest BCUT2D eigenvalue weighted by Crippen LogP contribution is -2.33. The third-order valence-corrected chi connectivity index (χ3v) is 4.34. The van der Waals surface area contributed by atoms with Crippen molar-refractivity contribution in [2.75, 3.05) is 0 Å². The van der Waals surface area contributed by atoms with Crippen molar-refractivity contribution in [1.82, 2.24) is 4.90 Å². The van der Waals surface area contributed by atoms with Gasteiger partial charge in [-0.05, 0) is 56.7 Å². The van der Waals surface area contributed by atoms with Crippen LogP contribution in [0.4, 0.5) is 0 Å². The van der Waals surface area contributed by atoms with E-state index in [0.29, 0.717) is 11.8 Å². The topological polar surface area (TPSA) is 23.5 Å². The van der Waals surface area contributed by atoms with E-state index in [9.17, 15) is 5.11 Å². The van der Waals surface area contributed by atoms with E-state index in [2.05, 4.69) is 30.9 Å². The Bertz CT molecular complexity index is 404. The normalized spacial score (nSPS) is 24.7. The molecule has 0 bridgehead atoms. The van der Waals surface area contributed by atoms with Crippen molar-refractivity contribution in [3.05, 3.63) is 28.8 Å². The highest BCUT2D eigenvalue weighted by atomic mass is 16.3. The number of phenolic OH excluding ortho intramolecular Hbond substituents is 1. The number of nitrogens with zero attached hydrogens (tertiary/aromatic N) is 1. The van der Waals surface area contributed by atoms with Crippen molar-refractivity contribution in [1.29, 1.82) is 0 Å². The zero-order valence-electron chi connectivity index (χ0n) is 12.0. The van der Waals surface area contributed by atoms with Crippen molar-refractivity contribution in [2.45, 2.75) is 65.6 Å². The van der Waals surface area contributed by atoms with Crippen LogP contribution < -0.4 is 0 Å². The molecular weight excluding hydrogens is 222 g/mol. The summed E-state index contributed by atoms with van der Waals surface area (Å²) in [5.74, 6) is 0.445. The van der Waals surface area contributed by atoms with Gasteiger partial charge in [0.15, 0.2) is 0 Å². The average molecular weight is 247 g/mol. The fourth-order valence-electron chi connectivity index (χ4n) is 3.20. The second kappa shape index (κ2) is 5.31. The van der Waals surface area contributed by atoms with Gasteiger partial charge in [0.2, 0.25) is 0 Å². The number of aryl methyl sites for hydroxylation is 2. The summed E-state index contributed by atoms with van der Waals surface area (Å²) in [6.45, 7) is 9.59. The van der Waals surface area contributed by atoms with Crippen LogP contribution in [0, 0.1) is 13.8 Å². The monoisotopic (exact) mass is 247 g/mol. The first-order valence-corrected chi connectivity index (χ1v) is 7.07. The number of likely N-dealkylation sites (tertiary alicyclic amines) is 1. The van der Waals surface area contributed by atoms with Gasteiger partial charge in [-0.1, -0.05) is 19.1 Å². The fourth-order valence-corrected chi connectivity index (χ4v) is 3.20. The molecule has 0 saturated carbocycles. The van der Waals surface area contributed by atoms with Gasteiger partial charge in [0.1, 0.15) is 5.75 Å². The van der Waals surface area contributed by atoms with E-state index in [1.165, 1.54) is 24.8 Å². The summed E-state index contributed by atoms with van der Waals surface area (Å²) in [5, 5.41) is 9.83. The Kier molecular flexibility index (Phi) is 3.96. The van der Waals surface area contributed by atoms with E-state index in [1.54, 1.807) is 0 Å². The Hall–Kier alpha value is -1.02. The molecule has 1 aromatic rings. The summed E-state index contributed by atoms with van der Waals surface area (Å²) < 4.78 is 0. The Morgan fingerprint density at radius 1 is 1.22 bits per heavy atom. The lowest BCUT2D eigenvalue weighted by molar-refractivity contribution is 0.189. The van der Waals surface area contributed by atoms with Gasteiger partial charge in [0, 0.05) is 18.6 Å². The molecule has 1 fully saturated rings. The second-order valence-electron chi connectivity index (χ2n) is 5.74. The smallest absolute Gasteiger partial charge is 0.121 e. The zero-order chi connectivity index (χ0) is 13.3. The van der Waals surface area contributed by atoms with Crippen molar-refractivity contribution in [2.24, 2.45) is 0 Å². The van der Waals surface area contributed by atoms with Crippen molar-refractivity contribution >= 4 is 0 Å². The summed E-state index contributed by atoms with van der Waals surface area (Å²) >= 11 is 0. The van der Waals surface area contributed by atoms with E-state index >= 15 is 0 Å². The molecule has 1 N–H and O–H groups in total. The number of aromatic hydroxyl groups is 1. The molecule has 0 aliphatic carbocycles. The molecule has 18 heavy (non-hydrogen) atoms. The van der Waals surface area contributed by atoms with E-state index in [0.717, 1.165) is 23.7 Å². The summed E-state index contributed by atoms with van der Waals surface area (Å²) in [6, 6.07) is 5.67. The van der Waals surface area contributed by atoms with Crippen LogP contribution >= 0.6 is 0 Å². The largest absolute Gasteiger partial charge is 0.507 e. The van der Waals surface area contributed by atoms with Crippen molar-refractivity contribution in [3.8, 4) is 5.75 Å². The van der Waals surface area contributed by atoms with E-state index in [4.69, 9.17) is 0 Å². The molecule has 1 saturated heterocycles. The minimum absolute atomic E-state index is 0.445. The van der Waals surface area contributed by atoms with Crippen LogP contribution in [0.25, 0.3) is 0 Å². The van der Waals surface area contributed by atoms with Crippen LogP contribution in [0.1, 0.15) is 49.8 Å².